The number of piperidine rings is 2. The van der Waals surface area contributed by atoms with Gasteiger partial charge in [0.15, 0.2) is 0 Å². The molecule has 146 valence electrons. The van der Waals surface area contributed by atoms with Gasteiger partial charge in [0, 0.05) is 13.1 Å². The molecule has 0 unspecified atom stereocenters. The van der Waals surface area contributed by atoms with Crippen molar-refractivity contribution in [2.75, 3.05) is 26.2 Å². The molecule has 0 aliphatic carbocycles. The molecule has 26 heavy (non-hydrogen) atoms. The molecular weight excluding hydrogens is 344 g/mol. The van der Waals surface area contributed by atoms with Crippen LogP contribution < -0.4 is 5.32 Å². The highest BCUT2D eigenvalue weighted by atomic mass is 32.2. The summed E-state index contributed by atoms with van der Waals surface area (Å²) in [6.45, 7) is 7.55. The van der Waals surface area contributed by atoms with E-state index >= 15 is 0 Å². The van der Waals surface area contributed by atoms with Gasteiger partial charge in [0.25, 0.3) is 0 Å². The topological polar surface area (TPSA) is 49.4 Å². The molecule has 0 spiro atoms. The summed E-state index contributed by atoms with van der Waals surface area (Å²) >= 11 is 0. The second-order valence-corrected chi connectivity index (χ2v) is 10.1. The summed E-state index contributed by atoms with van der Waals surface area (Å²) < 4.78 is 27.7. The van der Waals surface area contributed by atoms with E-state index in [0.29, 0.717) is 23.9 Å². The average molecular weight is 379 g/mol. The molecule has 3 rings (SSSR count). The summed E-state index contributed by atoms with van der Waals surface area (Å²) in [6, 6.07) is 5.70. The lowest BCUT2D eigenvalue weighted by Crippen LogP contribution is -2.38. The Bertz CT molecular complexity index is 688. The molecule has 2 heterocycles. The third-order valence-corrected chi connectivity index (χ3v) is 8.26. The van der Waals surface area contributed by atoms with Crippen LogP contribution in [-0.2, 0) is 10.0 Å². The quantitative estimate of drug-likeness (QED) is 0.817. The van der Waals surface area contributed by atoms with E-state index in [1.807, 2.05) is 32.0 Å². The Hall–Kier alpha value is -0.910. The van der Waals surface area contributed by atoms with Crippen LogP contribution in [0.1, 0.15) is 56.1 Å². The number of rotatable bonds is 6. The molecular formula is C21H34N2O2S. The summed E-state index contributed by atoms with van der Waals surface area (Å²) in [5, 5.41) is 3.43. The van der Waals surface area contributed by atoms with E-state index in [2.05, 4.69) is 5.32 Å². The number of hydrogen-bond donors (Lipinski definition) is 1. The number of nitrogens with zero attached hydrogens (tertiary/aromatic N) is 1. The first-order chi connectivity index (χ1) is 12.5. The Balaban J connectivity index is 1.49. The Labute approximate surface area is 159 Å². The zero-order valence-electron chi connectivity index (χ0n) is 16.3. The van der Waals surface area contributed by atoms with Crippen molar-refractivity contribution < 1.29 is 8.42 Å². The molecule has 4 nitrogen and oxygen atoms in total. The van der Waals surface area contributed by atoms with Crippen LogP contribution >= 0.6 is 0 Å². The first-order valence-corrected chi connectivity index (χ1v) is 11.7. The van der Waals surface area contributed by atoms with Gasteiger partial charge in [-0.05, 0) is 81.6 Å². The smallest absolute Gasteiger partial charge is 0.243 e. The first-order valence-electron chi connectivity index (χ1n) is 10.2. The lowest BCUT2D eigenvalue weighted by atomic mass is 9.87. The van der Waals surface area contributed by atoms with E-state index in [1.54, 1.807) is 4.31 Å². The first kappa shape index (κ1) is 19.8. The summed E-state index contributed by atoms with van der Waals surface area (Å²) in [5.74, 6) is 1.60. The van der Waals surface area contributed by atoms with Gasteiger partial charge in [-0.15, -0.1) is 0 Å². The van der Waals surface area contributed by atoms with Crippen LogP contribution in [0.2, 0.25) is 0 Å². The fraction of sp³-hybridized carbons (Fsp3) is 0.714. The van der Waals surface area contributed by atoms with E-state index in [4.69, 9.17) is 0 Å². The van der Waals surface area contributed by atoms with E-state index in [1.165, 1.54) is 45.2 Å². The van der Waals surface area contributed by atoms with E-state index in [0.717, 1.165) is 29.9 Å². The van der Waals surface area contributed by atoms with E-state index in [-0.39, 0.29) is 0 Å². The summed E-state index contributed by atoms with van der Waals surface area (Å²) in [4.78, 5) is 0.488. The van der Waals surface area contributed by atoms with Crippen molar-refractivity contribution in [2.45, 2.75) is 63.7 Å². The number of aryl methyl sites for hydroxylation is 2. The summed E-state index contributed by atoms with van der Waals surface area (Å²) in [6.07, 6.45) is 8.59. The molecule has 0 amide bonds. The largest absolute Gasteiger partial charge is 0.317 e. The second-order valence-electron chi connectivity index (χ2n) is 8.24. The molecule has 0 aromatic heterocycles. The molecule has 0 atom stereocenters. The highest BCUT2D eigenvalue weighted by molar-refractivity contribution is 7.89. The van der Waals surface area contributed by atoms with Crippen molar-refractivity contribution in [1.82, 2.24) is 9.62 Å². The summed E-state index contributed by atoms with van der Waals surface area (Å²) in [7, 11) is -3.35. The SMILES string of the molecule is Cc1ccc(C)c(S(=O)(=O)N2CCC(CCCC3CCNCC3)CC2)c1. The molecule has 0 saturated carbocycles. The highest BCUT2D eigenvalue weighted by Gasteiger charge is 2.30. The van der Waals surface area contributed by atoms with Gasteiger partial charge in [-0.2, -0.15) is 4.31 Å². The van der Waals surface area contributed by atoms with Crippen molar-refractivity contribution in [3.05, 3.63) is 29.3 Å². The molecule has 2 aliphatic rings. The molecule has 1 N–H and O–H groups in total. The zero-order valence-corrected chi connectivity index (χ0v) is 17.2. The molecule has 0 bridgehead atoms. The average Bonchev–Trinajstić information content (AvgIpc) is 2.65. The van der Waals surface area contributed by atoms with Gasteiger partial charge in [0.05, 0.1) is 4.90 Å². The van der Waals surface area contributed by atoms with Gasteiger partial charge in [-0.3, -0.25) is 0 Å². The zero-order chi connectivity index (χ0) is 18.6. The van der Waals surface area contributed by atoms with Gasteiger partial charge >= 0.3 is 0 Å². The Kier molecular flexibility index (Phi) is 6.76. The maximum absolute atomic E-state index is 13.0. The minimum atomic E-state index is -3.35. The fourth-order valence-electron chi connectivity index (χ4n) is 4.43. The van der Waals surface area contributed by atoms with Gasteiger partial charge in [0.1, 0.15) is 0 Å². The number of benzene rings is 1. The normalized spacial score (nSPS) is 21.2. The predicted molar refractivity (Wildman–Crippen MR) is 107 cm³/mol. The van der Waals surface area contributed by atoms with Gasteiger partial charge < -0.3 is 5.32 Å². The third kappa shape index (κ3) is 4.87. The maximum Gasteiger partial charge on any atom is 0.243 e. The second kappa shape index (κ2) is 8.85. The monoisotopic (exact) mass is 378 g/mol. The molecule has 2 saturated heterocycles. The van der Waals surface area contributed by atoms with Crippen LogP contribution in [0.4, 0.5) is 0 Å². The highest BCUT2D eigenvalue weighted by Crippen LogP contribution is 2.29. The molecule has 2 fully saturated rings. The molecule has 2 aliphatic heterocycles. The van der Waals surface area contributed by atoms with Gasteiger partial charge in [-0.1, -0.05) is 31.4 Å². The number of sulfonamides is 1. The predicted octanol–water partition coefficient (Wildman–Crippen LogP) is 3.87. The lowest BCUT2D eigenvalue weighted by molar-refractivity contribution is 0.250. The fourth-order valence-corrected chi connectivity index (χ4v) is 6.21. The van der Waals surface area contributed by atoms with Crippen molar-refractivity contribution in [3.8, 4) is 0 Å². The van der Waals surface area contributed by atoms with Crippen LogP contribution in [0.15, 0.2) is 23.1 Å². The van der Waals surface area contributed by atoms with Gasteiger partial charge in [-0.25, -0.2) is 8.42 Å². The van der Waals surface area contributed by atoms with Crippen LogP contribution in [0.3, 0.4) is 0 Å². The Morgan fingerprint density at radius 2 is 1.62 bits per heavy atom. The van der Waals surface area contributed by atoms with Crippen molar-refractivity contribution in [3.63, 3.8) is 0 Å². The van der Waals surface area contributed by atoms with Gasteiger partial charge in [0.2, 0.25) is 10.0 Å². The third-order valence-electron chi connectivity index (χ3n) is 6.22. The van der Waals surface area contributed by atoms with Crippen molar-refractivity contribution >= 4 is 10.0 Å². The molecule has 1 aromatic rings. The molecule has 0 radical (unpaired) electrons. The Morgan fingerprint density at radius 3 is 2.27 bits per heavy atom. The molecule has 1 aromatic carbocycles. The summed E-state index contributed by atoms with van der Waals surface area (Å²) in [5.41, 5.74) is 1.85. The standard InChI is InChI=1S/C21H34N2O2S/c1-17-6-7-18(2)21(16-17)26(24,25)23-14-10-20(11-15-23)5-3-4-19-8-12-22-13-9-19/h6-7,16,19-20,22H,3-5,8-15H2,1-2H3. The molecule has 5 heteroatoms. The number of nitrogens with one attached hydrogen (secondary N) is 1. The van der Waals surface area contributed by atoms with Crippen molar-refractivity contribution in [2.24, 2.45) is 11.8 Å². The van der Waals surface area contributed by atoms with Crippen LogP contribution in [0.25, 0.3) is 0 Å². The van der Waals surface area contributed by atoms with Crippen LogP contribution in [0.5, 0.6) is 0 Å². The minimum absolute atomic E-state index is 0.488. The van der Waals surface area contributed by atoms with E-state index in [9.17, 15) is 8.42 Å². The van der Waals surface area contributed by atoms with Crippen LogP contribution in [0, 0.1) is 25.7 Å². The number of hydrogen-bond acceptors (Lipinski definition) is 3. The minimum Gasteiger partial charge on any atom is -0.317 e. The van der Waals surface area contributed by atoms with Crippen LogP contribution in [-0.4, -0.2) is 38.9 Å². The lowest BCUT2D eigenvalue weighted by Gasteiger charge is -2.32. The Morgan fingerprint density at radius 1 is 1.00 bits per heavy atom. The van der Waals surface area contributed by atoms with E-state index < -0.39 is 10.0 Å². The maximum atomic E-state index is 13.0. The van der Waals surface area contributed by atoms with Crippen molar-refractivity contribution in [1.29, 1.82) is 0 Å².